The van der Waals surface area contributed by atoms with E-state index in [2.05, 4.69) is 4.98 Å². The molecule has 0 aliphatic carbocycles. The number of H-pyrrole nitrogens is 1. The summed E-state index contributed by atoms with van der Waals surface area (Å²) < 4.78 is 1.53. The van der Waals surface area contributed by atoms with Gasteiger partial charge in [-0.1, -0.05) is 13.0 Å². The van der Waals surface area contributed by atoms with Crippen LogP contribution in [0.15, 0.2) is 23.0 Å². The second-order valence-electron chi connectivity index (χ2n) is 4.26. The van der Waals surface area contributed by atoms with Gasteiger partial charge < -0.3 is 10.1 Å². The Bertz CT molecular complexity index is 624. The lowest BCUT2D eigenvalue weighted by Gasteiger charge is -2.08. The molecule has 0 aliphatic rings. The minimum Gasteiger partial charge on any atom is -0.481 e. The second kappa shape index (κ2) is 4.08. The highest BCUT2D eigenvalue weighted by Crippen LogP contribution is 2.22. The Labute approximate surface area is 97.7 Å². The third kappa shape index (κ3) is 2.08. The number of aliphatic carboxylic acids is 1. The largest absolute Gasteiger partial charge is 0.481 e. The molecule has 1 atom stereocenters. The minimum atomic E-state index is -0.820. The highest BCUT2D eigenvalue weighted by atomic mass is 16.4. The molecule has 2 aromatic rings. The van der Waals surface area contributed by atoms with Gasteiger partial charge in [-0.2, -0.15) is 0 Å². The normalized spacial score (nSPS) is 12.8. The molecule has 1 heterocycles. The van der Waals surface area contributed by atoms with Crippen LogP contribution in [-0.4, -0.2) is 20.6 Å². The molecule has 90 valence electrons. The summed E-state index contributed by atoms with van der Waals surface area (Å²) >= 11 is 0. The van der Waals surface area contributed by atoms with Gasteiger partial charge in [-0.25, -0.2) is 4.79 Å². The van der Waals surface area contributed by atoms with Crippen LogP contribution < -0.4 is 5.69 Å². The van der Waals surface area contributed by atoms with Crippen LogP contribution >= 0.6 is 0 Å². The van der Waals surface area contributed by atoms with Gasteiger partial charge in [-0.05, 0) is 23.6 Å². The van der Waals surface area contributed by atoms with E-state index in [-0.39, 0.29) is 18.0 Å². The first-order valence-electron chi connectivity index (χ1n) is 5.39. The summed E-state index contributed by atoms with van der Waals surface area (Å²) in [6.07, 6.45) is 0.0859. The summed E-state index contributed by atoms with van der Waals surface area (Å²) in [4.78, 5) is 24.8. The van der Waals surface area contributed by atoms with E-state index in [0.29, 0.717) is 0 Å². The number of aryl methyl sites for hydroxylation is 1. The van der Waals surface area contributed by atoms with Crippen molar-refractivity contribution in [1.29, 1.82) is 0 Å². The van der Waals surface area contributed by atoms with Crippen molar-refractivity contribution >= 4 is 17.0 Å². The molecule has 0 saturated carbocycles. The Morgan fingerprint density at radius 3 is 2.88 bits per heavy atom. The molecule has 0 bridgehead atoms. The van der Waals surface area contributed by atoms with Gasteiger partial charge in [0.1, 0.15) is 0 Å². The maximum absolute atomic E-state index is 11.4. The van der Waals surface area contributed by atoms with E-state index in [1.54, 1.807) is 7.05 Å². The molecule has 1 aromatic heterocycles. The predicted molar refractivity (Wildman–Crippen MR) is 64.2 cm³/mol. The van der Waals surface area contributed by atoms with Crippen LogP contribution in [0.25, 0.3) is 11.0 Å². The van der Waals surface area contributed by atoms with Gasteiger partial charge in [0.05, 0.1) is 17.5 Å². The van der Waals surface area contributed by atoms with Crippen LogP contribution in [0.2, 0.25) is 0 Å². The third-order valence-electron chi connectivity index (χ3n) is 2.98. The summed E-state index contributed by atoms with van der Waals surface area (Å²) in [6.45, 7) is 1.86. The number of aromatic nitrogens is 2. The fourth-order valence-electron chi connectivity index (χ4n) is 1.94. The van der Waals surface area contributed by atoms with Crippen LogP contribution in [0.3, 0.4) is 0 Å². The van der Waals surface area contributed by atoms with Crippen molar-refractivity contribution in [2.24, 2.45) is 7.05 Å². The molecule has 0 amide bonds. The average molecular weight is 234 g/mol. The number of carboxylic acid groups (broad SMARTS) is 1. The zero-order chi connectivity index (χ0) is 12.6. The number of aromatic amines is 1. The Hall–Kier alpha value is -2.04. The Morgan fingerprint density at radius 2 is 2.24 bits per heavy atom. The molecule has 2 N–H and O–H groups in total. The number of nitrogens with zero attached hydrogens (tertiary/aromatic N) is 1. The maximum Gasteiger partial charge on any atom is 0.326 e. The van der Waals surface area contributed by atoms with E-state index in [1.807, 2.05) is 25.1 Å². The highest BCUT2D eigenvalue weighted by Gasteiger charge is 2.12. The van der Waals surface area contributed by atoms with E-state index in [0.717, 1.165) is 16.6 Å². The molecule has 1 unspecified atom stereocenters. The number of carboxylic acids is 1. The van der Waals surface area contributed by atoms with Crippen molar-refractivity contribution in [2.75, 3.05) is 0 Å². The molecule has 0 spiro atoms. The van der Waals surface area contributed by atoms with Crippen LogP contribution in [0.1, 0.15) is 24.8 Å². The molecule has 0 radical (unpaired) electrons. The molecule has 0 fully saturated rings. The van der Waals surface area contributed by atoms with Crippen LogP contribution in [-0.2, 0) is 11.8 Å². The first kappa shape index (κ1) is 11.4. The van der Waals surface area contributed by atoms with Crippen molar-refractivity contribution in [1.82, 2.24) is 9.55 Å². The monoisotopic (exact) mass is 234 g/mol. The molecule has 2 rings (SSSR count). The Morgan fingerprint density at radius 1 is 1.53 bits per heavy atom. The molecular weight excluding hydrogens is 220 g/mol. The predicted octanol–water partition coefficient (Wildman–Crippen LogP) is 1.44. The van der Waals surface area contributed by atoms with Crippen LogP contribution in [0, 0.1) is 0 Å². The number of imidazole rings is 1. The third-order valence-corrected chi connectivity index (χ3v) is 2.98. The first-order valence-corrected chi connectivity index (χ1v) is 5.39. The van der Waals surface area contributed by atoms with E-state index < -0.39 is 5.97 Å². The Kier molecular flexibility index (Phi) is 2.75. The molecular formula is C12H14N2O3. The zero-order valence-electron chi connectivity index (χ0n) is 9.73. The standard InChI is InChI=1S/C12H14N2O3/c1-7(5-11(15)16)8-3-4-10-9(6-8)13-12(17)14(10)2/h3-4,6-7H,5H2,1-2H3,(H,13,17)(H,15,16). The number of carbonyl (C=O) groups is 1. The van der Waals surface area contributed by atoms with Gasteiger partial charge in [0, 0.05) is 7.05 Å². The molecule has 5 nitrogen and oxygen atoms in total. The smallest absolute Gasteiger partial charge is 0.326 e. The van der Waals surface area contributed by atoms with Gasteiger partial charge in [0.2, 0.25) is 0 Å². The molecule has 1 aromatic carbocycles. The van der Waals surface area contributed by atoms with Crippen molar-refractivity contribution in [3.8, 4) is 0 Å². The summed E-state index contributed by atoms with van der Waals surface area (Å²) in [5, 5.41) is 8.74. The maximum atomic E-state index is 11.4. The fraction of sp³-hybridized carbons (Fsp3) is 0.333. The number of hydrogen-bond donors (Lipinski definition) is 2. The van der Waals surface area contributed by atoms with Gasteiger partial charge in [-0.3, -0.25) is 9.36 Å². The lowest BCUT2D eigenvalue weighted by molar-refractivity contribution is -0.137. The number of nitrogens with one attached hydrogen (secondary N) is 1. The summed E-state index contributed by atoms with van der Waals surface area (Å²) in [5.74, 6) is -0.889. The first-order chi connectivity index (χ1) is 7.99. The van der Waals surface area contributed by atoms with Crippen molar-refractivity contribution < 1.29 is 9.90 Å². The summed E-state index contributed by atoms with van der Waals surface area (Å²) in [6, 6.07) is 5.54. The fourth-order valence-corrected chi connectivity index (χ4v) is 1.94. The van der Waals surface area contributed by atoms with E-state index in [1.165, 1.54) is 4.57 Å². The average Bonchev–Trinajstić information content (AvgIpc) is 2.53. The topological polar surface area (TPSA) is 75.1 Å². The van der Waals surface area contributed by atoms with E-state index in [4.69, 9.17) is 5.11 Å². The molecule has 17 heavy (non-hydrogen) atoms. The SMILES string of the molecule is CC(CC(=O)O)c1ccc2c(c1)[nH]c(=O)n2C. The zero-order valence-corrected chi connectivity index (χ0v) is 9.73. The van der Waals surface area contributed by atoms with Crippen molar-refractivity contribution in [2.45, 2.75) is 19.3 Å². The number of rotatable bonds is 3. The molecule has 0 saturated heterocycles. The van der Waals surface area contributed by atoms with Crippen LogP contribution in [0.4, 0.5) is 0 Å². The van der Waals surface area contributed by atoms with E-state index in [9.17, 15) is 9.59 Å². The highest BCUT2D eigenvalue weighted by molar-refractivity contribution is 5.76. The van der Waals surface area contributed by atoms with Gasteiger partial charge in [0.25, 0.3) is 0 Å². The van der Waals surface area contributed by atoms with Gasteiger partial charge in [0.15, 0.2) is 0 Å². The van der Waals surface area contributed by atoms with Gasteiger partial charge in [-0.15, -0.1) is 0 Å². The quantitative estimate of drug-likeness (QED) is 0.843. The Balaban J connectivity index is 2.44. The number of hydrogen-bond acceptors (Lipinski definition) is 2. The lowest BCUT2D eigenvalue weighted by atomic mass is 9.97. The minimum absolute atomic E-state index is 0.0689. The van der Waals surface area contributed by atoms with Gasteiger partial charge >= 0.3 is 11.7 Å². The second-order valence-corrected chi connectivity index (χ2v) is 4.26. The lowest BCUT2D eigenvalue weighted by Crippen LogP contribution is -2.11. The molecule has 0 aliphatic heterocycles. The van der Waals surface area contributed by atoms with Crippen molar-refractivity contribution in [3.05, 3.63) is 34.2 Å². The number of fused-ring (bicyclic) bond motifs is 1. The summed E-state index contributed by atoms with van der Waals surface area (Å²) in [7, 11) is 1.70. The summed E-state index contributed by atoms with van der Waals surface area (Å²) in [5.41, 5.74) is 2.32. The van der Waals surface area contributed by atoms with Crippen LogP contribution in [0.5, 0.6) is 0 Å². The number of benzene rings is 1. The van der Waals surface area contributed by atoms with E-state index >= 15 is 0 Å². The molecule has 5 heteroatoms. The van der Waals surface area contributed by atoms with Crippen molar-refractivity contribution in [3.63, 3.8) is 0 Å².